The Labute approximate surface area is 88.0 Å². The topological polar surface area (TPSA) is 44.5 Å². The average Bonchev–Trinajstić information content (AvgIpc) is 2.21. The van der Waals surface area contributed by atoms with Crippen molar-refractivity contribution >= 4 is 0 Å². The summed E-state index contributed by atoms with van der Waals surface area (Å²) in [6.07, 6.45) is 2.17. The van der Waals surface area contributed by atoms with E-state index in [1.165, 1.54) is 0 Å². The van der Waals surface area contributed by atoms with Gasteiger partial charge in [-0.25, -0.2) is 0 Å². The summed E-state index contributed by atoms with van der Waals surface area (Å²) in [6.45, 7) is 7.80. The molecule has 3 atom stereocenters. The summed E-state index contributed by atoms with van der Waals surface area (Å²) in [7, 11) is 1.72. The van der Waals surface area contributed by atoms with Gasteiger partial charge in [0.1, 0.15) is 0 Å². The zero-order chi connectivity index (χ0) is 11.0. The first-order chi connectivity index (χ1) is 6.67. The van der Waals surface area contributed by atoms with Gasteiger partial charge in [0.05, 0.1) is 6.10 Å². The molecule has 0 aliphatic heterocycles. The summed E-state index contributed by atoms with van der Waals surface area (Å²) in [6, 6.07) is 0.120. The van der Waals surface area contributed by atoms with E-state index < -0.39 is 0 Å². The lowest BCUT2D eigenvalue weighted by molar-refractivity contribution is 0.0245. The van der Waals surface area contributed by atoms with Crippen LogP contribution in [0.4, 0.5) is 0 Å². The van der Waals surface area contributed by atoms with Gasteiger partial charge in [-0.1, -0.05) is 13.8 Å². The van der Waals surface area contributed by atoms with E-state index in [0.717, 1.165) is 26.1 Å². The molecule has 2 N–H and O–H groups in total. The summed E-state index contributed by atoms with van der Waals surface area (Å²) in [4.78, 5) is 0. The largest absolute Gasteiger partial charge is 0.385 e. The van der Waals surface area contributed by atoms with E-state index in [1.54, 1.807) is 7.11 Å². The van der Waals surface area contributed by atoms with Gasteiger partial charge in [-0.2, -0.15) is 0 Å². The smallest absolute Gasteiger partial charge is 0.0725 e. The van der Waals surface area contributed by atoms with Crippen LogP contribution in [0.25, 0.3) is 0 Å². The van der Waals surface area contributed by atoms with Gasteiger partial charge in [0.25, 0.3) is 0 Å². The number of hydrogen-bond acceptors (Lipinski definition) is 3. The lowest BCUT2D eigenvalue weighted by Crippen LogP contribution is -2.42. The lowest BCUT2D eigenvalue weighted by atomic mass is 9.93. The molecule has 14 heavy (non-hydrogen) atoms. The van der Waals surface area contributed by atoms with E-state index in [-0.39, 0.29) is 12.1 Å². The van der Waals surface area contributed by atoms with Gasteiger partial charge in [-0.05, 0) is 25.7 Å². The standard InChI is InChI=1S/C11H25NO2/c1-5-10(14-6-2)11(12)9(3)7-8-13-4/h9-11H,5-8,12H2,1-4H3. The van der Waals surface area contributed by atoms with Crippen LogP contribution in [-0.2, 0) is 9.47 Å². The summed E-state index contributed by atoms with van der Waals surface area (Å²) in [5.74, 6) is 0.450. The van der Waals surface area contributed by atoms with Crippen molar-refractivity contribution in [2.24, 2.45) is 11.7 Å². The van der Waals surface area contributed by atoms with Gasteiger partial charge in [0, 0.05) is 26.4 Å². The predicted octanol–water partition coefficient (Wildman–Crippen LogP) is 1.80. The molecule has 0 saturated heterocycles. The van der Waals surface area contributed by atoms with Crippen molar-refractivity contribution in [1.82, 2.24) is 0 Å². The van der Waals surface area contributed by atoms with Crippen LogP contribution in [0.2, 0.25) is 0 Å². The highest BCUT2D eigenvalue weighted by Crippen LogP contribution is 2.14. The molecule has 86 valence electrons. The minimum atomic E-state index is 0.120. The quantitative estimate of drug-likeness (QED) is 0.654. The number of hydrogen-bond donors (Lipinski definition) is 1. The third-order valence-corrected chi connectivity index (χ3v) is 2.65. The summed E-state index contributed by atoms with van der Waals surface area (Å²) in [5, 5.41) is 0. The molecule has 0 aromatic heterocycles. The van der Waals surface area contributed by atoms with Crippen molar-refractivity contribution < 1.29 is 9.47 Å². The van der Waals surface area contributed by atoms with E-state index in [9.17, 15) is 0 Å². The third kappa shape index (κ3) is 4.94. The summed E-state index contributed by atoms with van der Waals surface area (Å²) < 4.78 is 10.6. The number of ether oxygens (including phenoxy) is 2. The minimum absolute atomic E-state index is 0.120. The Morgan fingerprint density at radius 3 is 2.36 bits per heavy atom. The van der Waals surface area contributed by atoms with Crippen molar-refractivity contribution in [3.8, 4) is 0 Å². The zero-order valence-corrected chi connectivity index (χ0v) is 9.95. The summed E-state index contributed by atoms with van der Waals surface area (Å²) >= 11 is 0. The van der Waals surface area contributed by atoms with E-state index in [1.807, 2.05) is 6.92 Å². The number of rotatable bonds is 8. The van der Waals surface area contributed by atoms with Gasteiger partial charge in [0.15, 0.2) is 0 Å². The first-order valence-electron chi connectivity index (χ1n) is 5.53. The maximum atomic E-state index is 6.12. The molecule has 3 unspecified atom stereocenters. The molecule has 0 amide bonds. The second-order valence-electron chi connectivity index (χ2n) is 3.74. The van der Waals surface area contributed by atoms with Crippen LogP contribution in [0.15, 0.2) is 0 Å². The van der Waals surface area contributed by atoms with Crippen LogP contribution in [0.5, 0.6) is 0 Å². The molecule has 3 nitrogen and oxygen atoms in total. The molecule has 0 saturated carbocycles. The monoisotopic (exact) mass is 203 g/mol. The Morgan fingerprint density at radius 2 is 1.93 bits per heavy atom. The molecule has 0 aromatic rings. The van der Waals surface area contributed by atoms with Crippen molar-refractivity contribution in [3.05, 3.63) is 0 Å². The molecule has 0 aliphatic rings. The van der Waals surface area contributed by atoms with Crippen molar-refractivity contribution in [3.63, 3.8) is 0 Å². The average molecular weight is 203 g/mol. The molecule has 0 bridgehead atoms. The molecular weight excluding hydrogens is 178 g/mol. The van der Waals surface area contributed by atoms with Gasteiger partial charge < -0.3 is 15.2 Å². The summed E-state index contributed by atoms with van der Waals surface area (Å²) in [5.41, 5.74) is 6.12. The fraction of sp³-hybridized carbons (Fsp3) is 1.00. The first-order valence-corrected chi connectivity index (χ1v) is 5.53. The number of methoxy groups -OCH3 is 1. The molecule has 0 aliphatic carbocycles. The van der Waals surface area contributed by atoms with E-state index in [2.05, 4.69) is 13.8 Å². The molecule has 0 aromatic carbocycles. The van der Waals surface area contributed by atoms with Gasteiger partial charge >= 0.3 is 0 Å². The van der Waals surface area contributed by atoms with Gasteiger partial charge in [-0.3, -0.25) is 0 Å². The fourth-order valence-corrected chi connectivity index (χ4v) is 1.58. The normalized spacial score (nSPS) is 17.8. The number of nitrogens with two attached hydrogens (primary N) is 1. The molecule has 0 rings (SSSR count). The Hall–Kier alpha value is -0.120. The molecule has 0 heterocycles. The van der Waals surface area contributed by atoms with Gasteiger partial charge in [-0.15, -0.1) is 0 Å². The Bertz CT molecular complexity index is 130. The maximum absolute atomic E-state index is 6.12. The molecule has 0 spiro atoms. The van der Waals surface area contributed by atoms with E-state index in [4.69, 9.17) is 15.2 Å². The Balaban J connectivity index is 3.91. The van der Waals surface area contributed by atoms with Crippen LogP contribution < -0.4 is 5.73 Å². The molecule has 0 fully saturated rings. The molecule has 3 heteroatoms. The second-order valence-corrected chi connectivity index (χ2v) is 3.74. The van der Waals surface area contributed by atoms with Crippen LogP contribution in [0.3, 0.4) is 0 Å². The predicted molar refractivity (Wildman–Crippen MR) is 59.3 cm³/mol. The zero-order valence-electron chi connectivity index (χ0n) is 9.95. The van der Waals surface area contributed by atoms with Crippen LogP contribution in [0.1, 0.15) is 33.6 Å². The second kappa shape index (κ2) is 8.21. The fourth-order valence-electron chi connectivity index (χ4n) is 1.58. The highest BCUT2D eigenvalue weighted by Gasteiger charge is 2.21. The highest BCUT2D eigenvalue weighted by atomic mass is 16.5. The van der Waals surface area contributed by atoms with Crippen LogP contribution >= 0.6 is 0 Å². The first kappa shape index (κ1) is 13.9. The SMILES string of the molecule is CCOC(CC)C(N)C(C)CCOC. The highest BCUT2D eigenvalue weighted by molar-refractivity contribution is 4.77. The van der Waals surface area contributed by atoms with Crippen molar-refractivity contribution in [2.45, 2.75) is 45.8 Å². The van der Waals surface area contributed by atoms with Gasteiger partial charge in [0.2, 0.25) is 0 Å². The Morgan fingerprint density at radius 1 is 1.29 bits per heavy atom. The van der Waals surface area contributed by atoms with E-state index >= 15 is 0 Å². The van der Waals surface area contributed by atoms with Crippen molar-refractivity contribution in [1.29, 1.82) is 0 Å². The minimum Gasteiger partial charge on any atom is -0.385 e. The van der Waals surface area contributed by atoms with Crippen molar-refractivity contribution in [2.75, 3.05) is 20.3 Å². The maximum Gasteiger partial charge on any atom is 0.0725 e. The Kier molecular flexibility index (Phi) is 8.14. The molecular formula is C11H25NO2. The van der Waals surface area contributed by atoms with Crippen LogP contribution in [-0.4, -0.2) is 32.5 Å². The van der Waals surface area contributed by atoms with E-state index in [0.29, 0.717) is 5.92 Å². The third-order valence-electron chi connectivity index (χ3n) is 2.65. The lowest BCUT2D eigenvalue weighted by Gasteiger charge is -2.27. The van der Waals surface area contributed by atoms with Crippen LogP contribution in [0, 0.1) is 5.92 Å². The molecule has 0 radical (unpaired) electrons.